The van der Waals surface area contributed by atoms with Crippen LogP contribution in [0.5, 0.6) is 0 Å². The Bertz CT molecular complexity index is 1230. The minimum Gasteiger partial charge on any atom is -0.390 e. The molecule has 1 atom stereocenters. The Balaban J connectivity index is 1.34. The molecule has 0 spiro atoms. The molecule has 1 aliphatic rings. The van der Waals surface area contributed by atoms with Crippen LogP contribution in [0, 0.1) is 20.8 Å². The van der Waals surface area contributed by atoms with Crippen LogP contribution >= 0.6 is 11.6 Å². The molecule has 37 heavy (non-hydrogen) atoms. The highest BCUT2D eigenvalue weighted by Gasteiger charge is 2.24. The lowest BCUT2D eigenvalue weighted by Crippen LogP contribution is -2.50. The van der Waals surface area contributed by atoms with E-state index in [2.05, 4.69) is 59.1 Å². The summed E-state index contributed by atoms with van der Waals surface area (Å²) in [4.78, 5) is 22.4. The van der Waals surface area contributed by atoms with E-state index in [1.165, 1.54) is 16.8 Å². The first-order chi connectivity index (χ1) is 17.8. The van der Waals surface area contributed by atoms with Crippen LogP contribution in [0.2, 0.25) is 5.02 Å². The summed E-state index contributed by atoms with van der Waals surface area (Å²) in [5.74, 6) is 0.528. The van der Waals surface area contributed by atoms with E-state index in [9.17, 15) is 9.90 Å². The number of aryl methyl sites for hydroxylation is 2. The van der Waals surface area contributed by atoms with Gasteiger partial charge in [-0.3, -0.25) is 14.3 Å². The normalized spacial score (nSPS) is 15.1. The number of rotatable bonds is 9. The van der Waals surface area contributed by atoms with Gasteiger partial charge in [-0.2, -0.15) is 0 Å². The van der Waals surface area contributed by atoms with Crippen molar-refractivity contribution in [3.8, 4) is 5.69 Å². The summed E-state index contributed by atoms with van der Waals surface area (Å²) in [7, 11) is 0. The van der Waals surface area contributed by atoms with Crippen LogP contribution in [-0.4, -0.2) is 70.8 Å². The molecule has 1 aliphatic heterocycles. The number of amides is 1. The van der Waals surface area contributed by atoms with Crippen LogP contribution in [0.25, 0.3) is 5.69 Å². The molecule has 2 aromatic carbocycles. The zero-order chi connectivity index (χ0) is 26.5. The Morgan fingerprint density at radius 1 is 1.05 bits per heavy atom. The summed E-state index contributed by atoms with van der Waals surface area (Å²) in [5, 5.41) is 14.2. The molecule has 1 unspecified atom stereocenters. The molecular weight excluding hydrogens is 486 g/mol. The maximum atomic E-state index is 13.1. The minimum absolute atomic E-state index is 0.178. The van der Waals surface area contributed by atoms with Gasteiger partial charge in [0.15, 0.2) is 0 Å². The van der Waals surface area contributed by atoms with Crippen LogP contribution in [-0.2, 0) is 6.42 Å². The van der Waals surface area contributed by atoms with Crippen molar-refractivity contribution in [2.24, 2.45) is 0 Å². The molecule has 198 valence electrons. The zero-order valence-electron chi connectivity index (χ0n) is 22.3. The van der Waals surface area contributed by atoms with Crippen molar-refractivity contribution in [3.63, 3.8) is 0 Å². The maximum absolute atomic E-state index is 13.1. The molecule has 2 N–H and O–H groups in total. The van der Waals surface area contributed by atoms with E-state index in [-0.39, 0.29) is 12.5 Å². The highest BCUT2D eigenvalue weighted by atomic mass is 35.5. The number of halogens is 1. The maximum Gasteiger partial charge on any atom is 0.271 e. The van der Waals surface area contributed by atoms with E-state index in [0.29, 0.717) is 17.3 Å². The van der Waals surface area contributed by atoms with Crippen LogP contribution in [0.15, 0.2) is 42.5 Å². The Hall–Kier alpha value is -2.87. The number of anilines is 1. The molecule has 0 bridgehead atoms. The number of imidazole rings is 1. The number of hydrogen-bond donors (Lipinski definition) is 2. The van der Waals surface area contributed by atoms with Gasteiger partial charge in [0.2, 0.25) is 0 Å². The second kappa shape index (κ2) is 12.1. The van der Waals surface area contributed by atoms with E-state index < -0.39 is 6.10 Å². The number of nitrogens with one attached hydrogen (secondary N) is 1. The summed E-state index contributed by atoms with van der Waals surface area (Å²) in [5.41, 5.74) is 5.86. The summed E-state index contributed by atoms with van der Waals surface area (Å²) < 4.78 is 1.96. The first-order valence-electron chi connectivity index (χ1n) is 13.1. The number of para-hydroxylation sites is 1. The van der Waals surface area contributed by atoms with Crippen molar-refractivity contribution in [1.82, 2.24) is 19.8 Å². The van der Waals surface area contributed by atoms with Crippen LogP contribution in [0.1, 0.15) is 46.5 Å². The minimum atomic E-state index is -0.655. The molecule has 0 radical (unpaired) electrons. The fourth-order valence-corrected chi connectivity index (χ4v) is 5.25. The van der Waals surface area contributed by atoms with Gasteiger partial charge in [-0.25, -0.2) is 4.98 Å². The quantitative estimate of drug-likeness (QED) is 0.437. The van der Waals surface area contributed by atoms with Gasteiger partial charge < -0.3 is 15.3 Å². The van der Waals surface area contributed by atoms with Gasteiger partial charge in [-0.15, -0.1) is 0 Å². The number of hydrogen-bond acceptors (Lipinski definition) is 5. The molecule has 3 aromatic rings. The topological polar surface area (TPSA) is 73.6 Å². The first-order valence-corrected chi connectivity index (χ1v) is 13.5. The molecule has 1 amide bonds. The average molecular weight is 524 g/mol. The fraction of sp³-hybridized carbons (Fsp3) is 0.448. The number of carbonyl (C=O) groups excluding carboxylic acids is 1. The highest BCUT2D eigenvalue weighted by molar-refractivity contribution is 6.32. The van der Waals surface area contributed by atoms with Crippen LogP contribution in [0.3, 0.4) is 0 Å². The lowest BCUT2D eigenvalue weighted by Gasteiger charge is -2.37. The van der Waals surface area contributed by atoms with E-state index >= 15 is 0 Å². The predicted molar refractivity (Wildman–Crippen MR) is 150 cm³/mol. The lowest BCUT2D eigenvalue weighted by atomic mass is 10.1. The summed E-state index contributed by atoms with van der Waals surface area (Å²) >= 11 is 6.46. The third-order valence-electron chi connectivity index (χ3n) is 7.22. The number of benzene rings is 2. The second-order valence-electron chi connectivity index (χ2n) is 9.87. The molecule has 1 aromatic heterocycles. The van der Waals surface area contributed by atoms with Crippen molar-refractivity contribution >= 4 is 23.2 Å². The molecule has 2 heterocycles. The highest BCUT2D eigenvalue weighted by Crippen LogP contribution is 2.26. The van der Waals surface area contributed by atoms with Gasteiger partial charge in [0.1, 0.15) is 11.5 Å². The SMILES string of the molecule is CCCc1nc(C(=O)NCC(O)CN2CCN(c3cccc(C)c3C)CC2)c(C)n1-c1ccccc1Cl. The third kappa shape index (κ3) is 6.17. The molecule has 1 saturated heterocycles. The number of aromatic nitrogens is 2. The van der Waals surface area contributed by atoms with Crippen molar-refractivity contribution in [1.29, 1.82) is 0 Å². The Labute approximate surface area is 225 Å². The van der Waals surface area contributed by atoms with Crippen molar-refractivity contribution in [2.75, 3.05) is 44.2 Å². The van der Waals surface area contributed by atoms with Gasteiger partial charge in [-0.1, -0.05) is 42.8 Å². The van der Waals surface area contributed by atoms with Gasteiger partial charge in [0, 0.05) is 51.4 Å². The van der Waals surface area contributed by atoms with E-state index in [4.69, 9.17) is 11.6 Å². The lowest BCUT2D eigenvalue weighted by molar-refractivity contribution is 0.0847. The Kier molecular flexibility index (Phi) is 8.90. The number of carbonyl (C=O) groups is 1. The largest absolute Gasteiger partial charge is 0.390 e. The smallest absolute Gasteiger partial charge is 0.271 e. The van der Waals surface area contributed by atoms with E-state index in [1.807, 2.05) is 35.8 Å². The van der Waals surface area contributed by atoms with Crippen LogP contribution in [0.4, 0.5) is 5.69 Å². The summed E-state index contributed by atoms with van der Waals surface area (Å²) in [6.07, 6.45) is 0.977. The molecule has 1 fully saturated rings. The van der Waals surface area contributed by atoms with Crippen molar-refractivity contribution < 1.29 is 9.90 Å². The Morgan fingerprint density at radius 2 is 1.76 bits per heavy atom. The molecule has 7 nitrogen and oxygen atoms in total. The standard InChI is InChI=1S/C29H38ClN5O2/c1-5-9-27-32-28(22(4)35(27)26-12-7-6-11-24(26)30)29(37)31-18-23(36)19-33-14-16-34(17-15-33)25-13-8-10-20(2)21(25)3/h6-8,10-13,23,36H,5,9,14-19H2,1-4H3,(H,31,37). The third-order valence-corrected chi connectivity index (χ3v) is 7.53. The molecule has 0 aliphatic carbocycles. The fourth-order valence-electron chi connectivity index (χ4n) is 5.02. The van der Waals surface area contributed by atoms with Gasteiger partial charge in [-0.05, 0) is 56.5 Å². The monoisotopic (exact) mass is 523 g/mol. The van der Waals surface area contributed by atoms with Gasteiger partial charge in [0.05, 0.1) is 22.5 Å². The molecule has 0 saturated carbocycles. The number of nitrogens with zero attached hydrogens (tertiary/aromatic N) is 4. The van der Waals surface area contributed by atoms with Gasteiger partial charge >= 0.3 is 0 Å². The summed E-state index contributed by atoms with van der Waals surface area (Å²) in [6, 6.07) is 14.0. The first kappa shape index (κ1) is 27.2. The summed E-state index contributed by atoms with van der Waals surface area (Å²) in [6.45, 7) is 12.6. The number of piperazine rings is 1. The number of aliphatic hydroxyl groups excluding tert-OH is 1. The van der Waals surface area contributed by atoms with Gasteiger partial charge in [0.25, 0.3) is 5.91 Å². The zero-order valence-corrected chi connectivity index (χ0v) is 23.1. The second-order valence-corrected chi connectivity index (χ2v) is 10.3. The van der Waals surface area contributed by atoms with Crippen molar-refractivity contribution in [2.45, 2.75) is 46.6 Å². The Morgan fingerprint density at radius 3 is 2.46 bits per heavy atom. The van der Waals surface area contributed by atoms with Crippen molar-refractivity contribution in [3.05, 3.63) is 75.8 Å². The van der Waals surface area contributed by atoms with Crippen LogP contribution < -0.4 is 10.2 Å². The van der Waals surface area contributed by atoms with E-state index in [1.54, 1.807) is 0 Å². The average Bonchev–Trinajstić information content (AvgIpc) is 3.21. The number of aliphatic hydroxyl groups is 1. The predicted octanol–water partition coefficient (Wildman–Crippen LogP) is 4.32. The molecular formula is C29H38ClN5O2. The van der Waals surface area contributed by atoms with E-state index in [0.717, 1.165) is 56.2 Å². The molecule has 4 rings (SSSR count). The number of β-amino-alcohol motifs (C(OH)–C–C–N with tert-alkyl or cyclic N) is 1. The molecule has 8 heteroatoms.